The molecule has 1 fully saturated rings. The molecule has 1 saturated heterocycles. The predicted octanol–water partition coefficient (Wildman–Crippen LogP) is 2.57. The first-order chi connectivity index (χ1) is 13.2. The topological polar surface area (TPSA) is 100 Å². The summed E-state index contributed by atoms with van der Waals surface area (Å²) < 4.78 is 24.1. The highest BCUT2D eigenvalue weighted by Crippen LogP contribution is 2.26. The van der Waals surface area contributed by atoms with Crippen LogP contribution in [-0.4, -0.2) is 54.3 Å². The number of pyridine rings is 1. The van der Waals surface area contributed by atoms with E-state index >= 15 is 0 Å². The molecule has 1 atom stereocenters. The molecule has 2 N–H and O–H groups in total. The second-order valence-corrected chi connectivity index (χ2v) is 10.5. The minimum absolute atomic E-state index is 0.105. The van der Waals surface area contributed by atoms with Crippen LogP contribution in [0.3, 0.4) is 0 Å². The van der Waals surface area contributed by atoms with Gasteiger partial charge >= 0.3 is 0 Å². The van der Waals surface area contributed by atoms with Crippen molar-refractivity contribution in [2.45, 2.75) is 49.4 Å². The molecule has 0 amide bonds. The number of nitrogens with zero attached hydrogens (tertiary/aromatic N) is 4. The van der Waals surface area contributed by atoms with Crippen LogP contribution in [0.15, 0.2) is 35.7 Å². The number of anilines is 3. The summed E-state index contributed by atoms with van der Waals surface area (Å²) in [6.45, 7) is 6.71. The van der Waals surface area contributed by atoms with Gasteiger partial charge in [0.05, 0.1) is 16.6 Å². The van der Waals surface area contributed by atoms with E-state index in [-0.39, 0.29) is 5.03 Å². The third-order valence-electron chi connectivity index (χ3n) is 4.94. The fourth-order valence-corrected chi connectivity index (χ4v) is 4.25. The minimum Gasteiger partial charge on any atom is -0.382 e. The number of sulfone groups is 1. The van der Waals surface area contributed by atoms with E-state index < -0.39 is 14.6 Å². The van der Waals surface area contributed by atoms with Crippen LogP contribution >= 0.6 is 0 Å². The Morgan fingerprint density at radius 2 is 2.00 bits per heavy atom. The zero-order chi connectivity index (χ0) is 20.4. The first kappa shape index (κ1) is 20.3. The Labute approximate surface area is 166 Å². The molecule has 2 aromatic heterocycles. The molecular formula is C19H28N6O2S. The molecule has 9 heteroatoms. The molecule has 3 rings (SSSR count). The first-order valence-electron chi connectivity index (χ1n) is 9.43. The lowest BCUT2D eigenvalue weighted by atomic mass is 10.2. The lowest BCUT2D eigenvalue weighted by Gasteiger charge is -2.26. The monoisotopic (exact) mass is 404 g/mol. The fraction of sp³-hybridized carbons (Fsp3) is 0.526. The Kier molecular flexibility index (Phi) is 5.74. The maximum absolute atomic E-state index is 12.5. The smallest absolute Gasteiger partial charge is 0.200 e. The fourth-order valence-electron chi connectivity index (χ4n) is 3.18. The van der Waals surface area contributed by atoms with Gasteiger partial charge < -0.3 is 15.5 Å². The number of hydrogen-bond donors (Lipinski definition) is 2. The molecule has 3 heterocycles. The van der Waals surface area contributed by atoms with Gasteiger partial charge in [0.15, 0.2) is 14.9 Å². The molecule has 152 valence electrons. The van der Waals surface area contributed by atoms with E-state index in [9.17, 15) is 8.42 Å². The van der Waals surface area contributed by atoms with Crippen molar-refractivity contribution in [1.29, 1.82) is 0 Å². The Balaban J connectivity index is 1.66. The summed E-state index contributed by atoms with van der Waals surface area (Å²) >= 11 is 0. The lowest BCUT2D eigenvalue weighted by molar-refractivity contribution is 0.556. The summed E-state index contributed by atoms with van der Waals surface area (Å²) in [5.41, 5.74) is 0.804. The van der Waals surface area contributed by atoms with Crippen molar-refractivity contribution in [2.24, 2.45) is 0 Å². The highest BCUT2D eigenvalue weighted by atomic mass is 32.2. The van der Waals surface area contributed by atoms with Gasteiger partial charge in [0.2, 0.25) is 0 Å². The second-order valence-electron chi connectivity index (χ2n) is 7.88. The van der Waals surface area contributed by atoms with Crippen LogP contribution in [0.1, 0.15) is 33.6 Å². The molecule has 0 aromatic carbocycles. The molecule has 0 bridgehead atoms. The summed E-state index contributed by atoms with van der Waals surface area (Å²) in [4.78, 5) is 15.0. The summed E-state index contributed by atoms with van der Waals surface area (Å²) in [5.74, 6) is 1.71. The van der Waals surface area contributed by atoms with Crippen molar-refractivity contribution in [3.63, 3.8) is 0 Å². The Bertz CT molecular complexity index is 909. The molecule has 8 nitrogen and oxygen atoms in total. The molecule has 28 heavy (non-hydrogen) atoms. The molecular weight excluding hydrogens is 376 g/mol. The van der Waals surface area contributed by atoms with E-state index in [0.717, 1.165) is 43.3 Å². The quantitative estimate of drug-likeness (QED) is 0.758. The van der Waals surface area contributed by atoms with E-state index in [4.69, 9.17) is 0 Å². The second kappa shape index (κ2) is 7.90. The highest BCUT2D eigenvalue weighted by molar-refractivity contribution is 7.92. The van der Waals surface area contributed by atoms with Crippen LogP contribution in [0, 0.1) is 0 Å². The SMILES string of the molecule is CNc1cc(N2CCCC2CNc2ccc(S(=O)(=O)C(C)(C)C)nc2)ncn1. The van der Waals surface area contributed by atoms with Gasteiger partial charge in [-0.3, -0.25) is 0 Å². The Morgan fingerprint density at radius 1 is 1.21 bits per heavy atom. The van der Waals surface area contributed by atoms with Gasteiger partial charge in [0.1, 0.15) is 18.0 Å². The van der Waals surface area contributed by atoms with Crippen LogP contribution in [0.25, 0.3) is 0 Å². The molecule has 1 aliphatic rings. The summed E-state index contributed by atoms with van der Waals surface area (Å²) in [6, 6.07) is 5.59. The van der Waals surface area contributed by atoms with E-state index in [1.54, 1.807) is 45.4 Å². The Morgan fingerprint density at radius 3 is 2.64 bits per heavy atom. The molecule has 0 saturated carbocycles. The van der Waals surface area contributed by atoms with Crippen molar-refractivity contribution >= 4 is 27.2 Å². The number of rotatable bonds is 6. The average Bonchev–Trinajstić information content (AvgIpc) is 3.14. The van der Waals surface area contributed by atoms with Gasteiger partial charge in [-0.15, -0.1) is 0 Å². The molecule has 1 aliphatic heterocycles. The van der Waals surface area contributed by atoms with Gasteiger partial charge in [0.25, 0.3) is 0 Å². The number of hydrogen-bond acceptors (Lipinski definition) is 8. The van der Waals surface area contributed by atoms with Crippen molar-refractivity contribution in [1.82, 2.24) is 15.0 Å². The van der Waals surface area contributed by atoms with Crippen LogP contribution in [0.2, 0.25) is 0 Å². The molecule has 1 unspecified atom stereocenters. The zero-order valence-corrected chi connectivity index (χ0v) is 17.6. The van der Waals surface area contributed by atoms with E-state index in [2.05, 4.69) is 30.5 Å². The van der Waals surface area contributed by atoms with Crippen molar-refractivity contribution in [3.8, 4) is 0 Å². The normalized spacial score (nSPS) is 17.6. The van der Waals surface area contributed by atoms with Gasteiger partial charge in [0, 0.05) is 32.2 Å². The van der Waals surface area contributed by atoms with E-state index in [1.165, 1.54) is 0 Å². The van der Waals surface area contributed by atoms with Crippen LogP contribution < -0.4 is 15.5 Å². The van der Waals surface area contributed by atoms with Crippen LogP contribution in [0.4, 0.5) is 17.3 Å². The third kappa shape index (κ3) is 4.19. The van der Waals surface area contributed by atoms with Crippen LogP contribution in [-0.2, 0) is 9.84 Å². The van der Waals surface area contributed by atoms with Crippen molar-refractivity contribution in [3.05, 3.63) is 30.7 Å². The summed E-state index contributed by atoms with van der Waals surface area (Å²) in [6.07, 6.45) is 5.33. The molecule has 2 aromatic rings. The van der Waals surface area contributed by atoms with Gasteiger partial charge in [-0.2, -0.15) is 0 Å². The molecule has 0 aliphatic carbocycles. The zero-order valence-electron chi connectivity index (χ0n) is 16.8. The predicted molar refractivity (Wildman–Crippen MR) is 112 cm³/mol. The average molecular weight is 405 g/mol. The maximum Gasteiger partial charge on any atom is 0.200 e. The van der Waals surface area contributed by atoms with Crippen LogP contribution in [0.5, 0.6) is 0 Å². The third-order valence-corrected chi connectivity index (χ3v) is 7.34. The maximum atomic E-state index is 12.5. The van der Waals surface area contributed by atoms with Gasteiger partial charge in [-0.1, -0.05) is 0 Å². The standard InChI is InChI=1S/C19H28N6O2S/c1-19(2,3)28(26,27)18-8-7-14(11-22-18)21-12-15-6-5-9-25(15)17-10-16(20-4)23-13-24-17/h7-8,10-11,13,15,21H,5-6,9,12H2,1-4H3,(H,20,23,24). The summed E-state index contributed by atoms with van der Waals surface area (Å²) in [5, 5.41) is 6.52. The van der Waals surface area contributed by atoms with E-state index in [0.29, 0.717) is 6.04 Å². The van der Waals surface area contributed by atoms with Crippen molar-refractivity contribution in [2.75, 3.05) is 35.7 Å². The van der Waals surface area contributed by atoms with Crippen molar-refractivity contribution < 1.29 is 8.42 Å². The lowest BCUT2D eigenvalue weighted by Crippen LogP contribution is -2.35. The van der Waals surface area contributed by atoms with Gasteiger partial charge in [-0.25, -0.2) is 23.4 Å². The Hall–Kier alpha value is -2.42. The van der Waals surface area contributed by atoms with Gasteiger partial charge in [-0.05, 0) is 45.7 Å². The minimum atomic E-state index is -3.44. The molecule has 0 radical (unpaired) electrons. The highest BCUT2D eigenvalue weighted by Gasteiger charge is 2.32. The number of aromatic nitrogens is 3. The molecule has 0 spiro atoms. The summed E-state index contributed by atoms with van der Waals surface area (Å²) in [7, 11) is -1.60. The first-order valence-corrected chi connectivity index (χ1v) is 10.9. The van der Waals surface area contributed by atoms with E-state index in [1.807, 2.05) is 13.1 Å². The largest absolute Gasteiger partial charge is 0.382 e. The number of nitrogens with one attached hydrogen (secondary N) is 2.